The number of carbonyl (C=O) groups excluding carboxylic acids is 2. The number of nitrogens with zero attached hydrogens (tertiary/aromatic N) is 2. The van der Waals surface area contributed by atoms with Crippen LogP contribution in [0.25, 0.3) is 0 Å². The number of aromatic nitrogens is 2. The third-order valence-electron chi connectivity index (χ3n) is 13.3. The summed E-state index contributed by atoms with van der Waals surface area (Å²) < 4.78 is 17.5. The summed E-state index contributed by atoms with van der Waals surface area (Å²) in [5.41, 5.74) is 1.22. The van der Waals surface area contributed by atoms with Crippen molar-refractivity contribution in [1.29, 1.82) is 0 Å². The van der Waals surface area contributed by atoms with Gasteiger partial charge in [-0.2, -0.15) is 0 Å². The average molecular weight is 827 g/mol. The highest BCUT2D eigenvalue weighted by atomic mass is 35.5. The number of ether oxygens (including phenoxy) is 2. The molecule has 0 spiro atoms. The molecule has 4 aromatic rings. The Bertz CT molecular complexity index is 1920. The number of hydrogen-bond donors (Lipinski definition) is 2. The Labute approximate surface area is 351 Å². The van der Waals surface area contributed by atoms with E-state index in [1.54, 1.807) is 38.6 Å². The fourth-order valence-corrected chi connectivity index (χ4v) is 15.3. The Kier molecular flexibility index (Phi) is 13.5. The van der Waals surface area contributed by atoms with Gasteiger partial charge in [-0.1, -0.05) is 88.4 Å². The fourth-order valence-electron chi connectivity index (χ4n) is 10.6. The molecule has 2 aromatic carbocycles. The van der Waals surface area contributed by atoms with Crippen molar-refractivity contribution in [3.63, 3.8) is 0 Å². The molecule has 4 aliphatic rings. The van der Waals surface area contributed by atoms with E-state index in [0.717, 1.165) is 25.7 Å². The Hall–Kier alpha value is -4.09. The lowest BCUT2D eigenvalue weighted by molar-refractivity contribution is 0.0925. The molecule has 4 saturated carbocycles. The third kappa shape index (κ3) is 9.05. The zero-order valence-corrected chi connectivity index (χ0v) is 36.7. The Morgan fingerprint density at radius 3 is 1.67 bits per heavy atom. The molecule has 310 valence electrons. The van der Waals surface area contributed by atoms with Gasteiger partial charge in [0, 0.05) is 48.7 Å². The molecule has 8 rings (SSSR count). The first-order chi connectivity index (χ1) is 27.3. The van der Waals surface area contributed by atoms with E-state index in [1.165, 1.54) is 16.6 Å². The van der Waals surface area contributed by atoms with E-state index in [2.05, 4.69) is 104 Å². The van der Waals surface area contributed by atoms with Gasteiger partial charge in [0.15, 0.2) is 5.78 Å². The number of amides is 1. The van der Waals surface area contributed by atoms with Gasteiger partial charge in [0.2, 0.25) is 11.8 Å². The highest BCUT2D eigenvalue weighted by molar-refractivity contribution is 6.99. The zero-order chi connectivity index (χ0) is 40.5. The van der Waals surface area contributed by atoms with Crippen molar-refractivity contribution in [3.05, 3.63) is 108 Å². The average Bonchev–Trinajstić information content (AvgIpc) is 3.96. The monoisotopic (exact) mass is 825 g/mol. The van der Waals surface area contributed by atoms with Gasteiger partial charge >= 0.3 is 0 Å². The van der Waals surface area contributed by atoms with Crippen molar-refractivity contribution in [2.24, 2.45) is 41.4 Å². The van der Waals surface area contributed by atoms with Crippen molar-refractivity contribution in [2.45, 2.75) is 90.0 Å². The Morgan fingerprint density at radius 1 is 0.741 bits per heavy atom. The highest BCUT2D eigenvalue weighted by Gasteiger charge is 2.61. The Morgan fingerprint density at radius 2 is 1.22 bits per heavy atom. The Balaban J connectivity index is 0.000000228. The standard InChI is InChI=1S/C32H39NO3Si.C15H20N2O3.ClH/c1-22(18-29(34)23-16-17-30(35-5)33-21-23)31-27-19-24(20-28(27)31)36-37(32(2,3)4,25-12-8-6-9-13-25)26-14-10-7-11-15-26;1-8(14-11-5-10(18)6-12(11)14)17-15(19)9-3-4-13(20-2)16-7-9;/h6-17,21-22,24,27-28,31H,18-20H2,1-5H3;3-4,7-8,10-12,14,18H,5-6H2,1-2H3,(H,17,19);1H/t22?,24?,27-,28+,31?;8?,10?,11-,12+,14?;. The molecule has 2 N–H and O–H groups in total. The van der Waals surface area contributed by atoms with Crippen LogP contribution in [0.5, 0.6) is 11.8 Å². The van der Waals surface area contributed by atoms with Crippen molar-refractivity contribution >= 4 is 42.8 Å². The second-order valence-electron chi connectivity index (χ2n) is 17.9. The highest BCUT2D eigenvalue weighted by Crippen LogP contribution is 2.62. The number of fused-ring (bicyclic) bond motifs is 2. The van der Waals surface area contributed by atoms with Crippen LogP contribution in [0.2, 0.25) is 5.04 Å². The topological polar surface area (TPSA) is 120 Å². The molecule has 58 heavy (non-hydrogen) atoms. The molecule has 2 heterocycles. The molecule has 9 nitrogen and oxygen atoms in total. The minimum Gasteiger partial charge on any atom is -0.481 e. The predicted octanol–water partition coefficient (Wildman–Crippen LogP) is 7.55. The van der Waals surface area contributed by atoms with Crippen LogP contribution in [0.15, 0.2) is 97.3 Å². The third-order valence-corrected chi connectivity index (χ3v) is 18.4. The van der Waals surface area contributed by atoms with Crippen LogP contribution in [0, 0.1) is 41.4 Å². The molecule has 4 aliphatic carbocycles. The van der Waals surface area contributed by atoms with E-state index in [1.807, 2.05) is 13.0 Å². The van der Waals surface area contributed by atoms with E-state index in [4.69, 9.17) is 13.9 Å². The van der Waals surface area contributed by atoms with Crippen molar-refractivity contribution in [1.82, 2.24) is 15.3 Å². The summed E-state index contributed by atoms with van der Waals surface area (Å²) in [5.74, 6) is 5.14. The van der Waals surface area contributed by atoms with E-state index in [0.29, 0.717) is 70.7 Å². The molecular weight excluding hydrogens is 766 g/mol. The first-order valence-corrected chi connectivity index (χ1v) is 22.6. The number of aliphatic hydroxyl groups is 1. The molecule has 0 bridgehead atoms. The zero-order valence-electron chi connectivity index (χ0n) is 34.8. The normalized spacial score (nSPS) is 26.3. The van der Waals surface area contributed by atoms with Gasteiger partial charge in [-0.05, 0) is 102 Å². The number of rotatable bonds is 13. The van der Waals surface area contributed by atoms with E-state index < -0.39 is 8.32 Å². The number of carbonyl (C=O) groups is 2. The molecule has 11 heteroatoms. The van der Waals surface area contributed by atoms with Crippen LogP contribution in [0.1, 0.15) is 87.4 Å². The second-order valence-corrected chi connectivity index (χ2v) is 22.1. The van der Waals surface area contributed by atoms with Crippen LogP contribution >= 0.6 is 12.4 Å². The summed E-state index contributed by atoms with van der Waals surface area (Å²) in [5, 5.41) is 15.3. The maximum Gasteiger partial charge on any atom is 0.261 e. The summed E-state index contributed by atoms with van der Waals surface area (Å²) in [6, 6.07) is 29.0. The number of halogens is 1. The number of methoxy groups -OCH3 is 2. The van der Waals surface area contributed by atoms with Crippen LogP contribution < -0.4 is 25.2 Å². The quantitative estimate of drug-likeness (QED) is 0.105. The number of pyridine rings is 2. The molecule has 0 radical (unpaired) electrons. The predicted molar refractivity (Wildman–Crippen MR) is 232 cm³/mol. The van der Waals surface area contributed by atoms with Gasteiger partial charge in [0.05, 0.1) is 25.9 Å². The number of hydrogen-bond acceptors (Lipinski definition) is 8. The fraction of sp³-hybridized carbons (Fsp3) is 0.489. The summed E-state index contributed by atoms with van der Waals surface area (Å²) >= 11 is 0. The lowest BCUT2D eigenvalue weighted by Gasteiger charge is -2.45. The maximum atomic E-state index is 12.9. The summed E-state index contributed by atoms with van der Waals surface area (Å²) in [6.07, 6.45) is 7.85. The van der Waals surface area contributed by atoms with Gasteiger partial charge < -0.3 is 24.3 Å². The van der Waals surface area contributed by atoms with Crippen molar-refractivity contribution in [2.75, 3.05) is 14.2 Å². The smallest absolute Gasteiger partial charge is 0.261 e. The lowest BCUT2D eigenvalue weighted by atomic mass is 9.92. The van der Waals surface area contributed by atoms with Crippen LogP contribution in [0.4, 0.5) is 0 Å². The number of Topliss-reactive ketones (excluding diaryl/α,β-unsaturated/α-hetero) is 1. The molecule has 2 aromatic heterocycles. The maximum absolute atomic E-state index is 12.9. The number of nitrogens with one attached hydrogen (secondary N) is 1. The van der Waals surface area contributed by atoms with E-state index in [-0.39, 0.29) is 47.4 Å². The first-order valence-electron chi connectivity index (χ1n) is 20.7. The number of benzene rings is 2. The molecule has 1 amide bonds. The van der Waals surface area contributed by atoms with Crippen LogP contribution in [-0.4, -0.2) is 67.6 Å². The van der Waals surface area contributed by atoms with E-state index in [9.17, 15) is 14.7 Å². The summed E-state index contributed by atoms with van der Waals surface area (Å²) in [4.78, 5) is 33.3. The van der Waals surface area contributed by atoms with Gasteiger partial charge in [0.25, 0.3) is 14.2 Å². The number of ketones is 1. The van der Waals surface area contributed by atoms with Crippen LogP contribution in [-0.2, 0) is 4.43 Å². The second kappa shape index (κ2) is 18.0. The summed E-state index contributed by atoms with van der Waals surface area (Å²) in [6.45, 7) is 11.3. The van der Waals surface area contributed by atoms with E-state index >= 15 is 0 Å². The molecule has 10 atom stereocenters. The van der Waals surface area contributed by atoms with Crippen LogP contribution in [0.3, 0.4) is 0 Å². The van der Waals surface area contributed by atoms with Gasteiger partial charge in [-0.25, -0.2) is 9.97 Å². The minimum atomic E-state index is -2.52. The molecule has 0 aliphatic heterocycles. The molecule has 4 fully saturated rings. The summed E-state index contributed by atoms with van der Waals surface area (Å²) in [7, 11) is 0.610. The minimum absolute atomic E-state index is 0. The lowest BCUT2D eigenvalue weighted by Crippen LogP contribution is -2.67. The van der Waals surface area contributed by atoms with Gasteiger partial charge in [-0.3, -0.25) is 9.59 Å². The first kappa shape index (κ1) is 43.5. The SMILES string of the molecule is COc1ccc(C(=O)CC(C)C2[C@H]3CC(O[Si](c4ccccc4)(c4ccccc4)C(C)(C)C)C[C@@H]23)cn1.COc1ccc(C(=O)NC(C)C2[C@H]3CC(O)C[C@@H]23)cn1.Cl. The number of aliphatic hydroxyl groups excluding tert-OH is 1. The van der Waals surface area contributed by atoms with Crippen molar-refractivity contribution in [3.8, 4) is 11.8 Å². The molecule has 6 unspecified atom stereocenters. The van der Waals surface area contributed by atoms with Gasteiger partial charge in [-0.15, -0.1) is 12.4 Å². The molecule has 0 saturated heterocycles. The molecular formula is C47H60ClN3O6Si. The largest absolute Gasteiger partial charge is 0.481 e. The van der Waals surface area contributed by atoms with Gasteiger partial charge in [0.1, 0.15) is 0 Å². The van der Waals surface area contributed by atoms with Crippen molar-refractivity contribution < 1.29 is 28.6 Å².